The number of carboxylic acid groups (broad SMARTS) is 1. The van der Waals surface area contributed by atoms with E-state index in [2.05, 4.69) is 4.98 Å². The molecule has 17 heavy (non-hydrogen) atoms. The molecule has 6 nitrogen and oxygen atoms in total. The van der Waals surface area contributed by atoms with Crippen molar-refractivity contribution < 1.29 is 14.7 Å². The van der Waals surface area contributed by atoms with Crippen molar-refractivity contribution in [1.29, 1.82) is 0 Å². The summed E-state index contributed by atoms with van der Waals surface area (Å²) in [5.41, 5.74) is 6.51. The van der Waals surface area contributed by atoms with Crippen molar-refractivity contribution in [3.8, 4) is 0 Å². The number of likely N-dealkylation sites (N-methyl/N-ethyl adjacent to an activating group) is 1. The molecule has 1 aromatic heterocycles. The average molecular weight is 239 g/mol. The number of aromatic nitrogens is 1. The Balaban J connectivity index is 2.38. The zero-order chi connectivity index (χ0) is 12.8. The molecule has 0 radical (unpaired) electrons. The second-order valence-corrected chi connectivity index (χ2v) is 3.91. The van der Waals surface area contributed by atoms with Crippen molar-refractivity contribution in [3.05, 3.63) is 24.0 Å². The first-order valence-electron chi connectivity index (χ1n) is 5.35. The van der Waals surface area contributed by atoms with Gasteiger partial charge in [-0.15, -0.1) is 0 Å². The number of hydrogen-bond acceptors (Lipinski definition) is 3. The minimum Gasteiger partial charge on any atom is -0.481 e. The summed E-state index contributed by atoms with van der Waals surface area (Å²) in [6.07, 6.45) is 2.16. The molecule has 0 saturated heterocycles. The molecule has 0 fully saturated rings. The van der Waals surface area contributed by atoms with Gasteiger partial charge in [-0.2, -0.15) is 0 Å². The summed E-state index contributed by atoms with van der Waals surface area (Å²) >= 11 is 0. The van der Waals surface area contributed by atoms with Gasteiger partial charge in [0.05, 0.1) is 12.5 Å². The maximum Gasteiger partial charge on any atom is 0.305 e. The van der Waals surface area contributed by atoms with E-state index in [0.29, 0.717) is 13.0 Å². The lowest BCUT2D eigenvalue weighted by atomic mass is 10.2. The Morgan fingerprint density at radius 1 is 1.59 bits per heavy atom. The molecular weight excluding hydrogens is 222 g/mol. The van der Waals surface area contributed by atoms with E-state index in [-0.39, 0.29) is 12.3 Å². The van der Waals surface area contributed by atoms with Crippen molar-refractivity contribution in [3.63, 3.8) is 0 Å². The lowest BCUT2D eigenvalue weighted by Gasteiger charge is -2.20. The number of carbonyl (C=O) groups excluding carboxylic acids is 1. The fraction of sp³-hybridized carbons (Fsp3) is 0.455. The van der Waals surface area contributed by atoms with Crippen LogP contribution in [-0.2, 0) is 16.0 Å². The summed E-state index contributed by atoms with van der Waals surface area (Å²) in [5.74, 6) is -1.41. The van der Waals surface area contributed by atoms with Crippen LogP contribution in [0, 0.1) is 0 Å². The predicted molar refractivity (Wildman–Crippen MR) is 62.4 cm³/mol. The number of nitrogens with two attached hydrogens (primary N) is 1. The SMILES string of the molecule is CN(CCc1ccc[nH]1)C(=O)C(N)CC(=O)O. The molecule has 94 valence electrons. The van der Waals surface area contributed by atoms with Gasteiger partial charge in [-0.05, 0) is 12.1 Å². The van der Waals surface area contributed by atoms with Crippen LogP contribution in [0.3, 0.4) is 0 Å². The van der Waals surface area contributed by atoms with Crippen LogP contribution < -0.4 is 5.73 Å². The van der Waals surface area contributed by atoms with E-state index >= 15 is 0 Å². The summed E-state index contributed by atoms with van der Waals surface area (Å²) in [5, 5.41) is 8.54. The second kappa shape index (κ2) is 6.05. The molecule has 6 heteroatoms. The van der Waals surface area contributed by atoms with Gasteiger partial charge in [0.15, 0.2) is 0 Å². The summed E-state index contributed by atoms with van der Waals surface area (Å²) in [4.78, 5) is 26.6. The molecule has 0 aliphatic rings. The Hall–Kier alpha value is -1.82. The monoisotopic (exact) mass is 239 g/mol. The van der Waals surface area contributed by atoms with Crippen LogP contribution in [0.5, 0.6) is 0 Å². The Morgan fingerprint density at radius 3 is 2.82 bits per heavy atom. The summed E-state index contributed by atoms with van der Waals surface area (Å²) in [6.45, 7) is 0.507. The number of hydrogen-bond donors (Lipinski definition) is 3. The van der Waals surface area contributed by atoms with Crippen LogP contribution in [0.15, 0.2) is 18.3 Å². The van der Waals surface area contributed by atoms with Gasteiger partial charge < -0.3 is 20.7 Å². The van der Waals surface area contributed by atoms with Crippen LogP contribution in [0.4, 0.5) is 0 Å². The van der Waals surface area contributed by atoms with Crippen LogP contribution in [-0.4, -0.2) is 46.5 Å². The van der Waals surface area contributed by atoms with Crippen molar-refractivity contribution in [2.45, 2.75) is 18.9 Å². The molecule has 1 amide bonds. The molecule has 4 N–H and O–H groups in total. The maximum atomic E-state index is 11.7. The number of nitrogens with one attached hydrogen (secondary N) is 1. The molecule has 0 bridgehead atoms. The molecule has 0 saturated carbocycles. The molecule has 0 aromatic carbocycles. The fourth-order valence-corrected chi connectivity index (χ4v) is 1.48. The number of H-pyrrole nitrogens is 1. The summed E-state index contributed by atoms with van der Waals surface area (Å²) in [7, 11) is 1.62. The fourth-order valence-electron chi connectivity index (χ4n) is 1.48. The minimum atomic E-state index is -1.07. The average Bonchev–Trinajstić information content (AvgIpc) is 2.76. The third kappa shape index (κ3) is 4.28. The number of aliphatic carboxylic acids is 1. The van der Waals surface area contributed by atoms with Crippen LogP contribution >= 0.6 is 0 Å². The number of carbonyl (C=O) groups is 2. The number of amides is 1. The predicted octanol–water partition coefficient (Wildman–Crippen LogP) is -0.182. The highest BCUT2D eigenvalue weighted by Gasteiger charge is 2.20. The molecule has 1 rings (SSSR count). The van der Waals surface area contributed by atoms with Gasteiger partial charge in [0, 0.05) is 31.9 Å². The van der Waals surface area contributed by atoms with Gasteiger partial charge in [-0.3, -0.25) is 9.59 Å². The molecule has 1 atom stereocenters. The van der Waals surface area contributed by atoms with E-state index < -0.39 is 12.0 Å². The zero-order valence-corrected chi connectivity index (χ0v) is 9.72. The highest BCUT2D eigenvalue weighted by atomic mass is 16.4. The molecule has 0 aliphatic carbocycles. The first kappa shape index (κ1) is 13.2. The molecule has 1 aromatic rings. The maximum absolute atomic E-state index is 11.7. The first-order chi connectivity index (χ1) is 8.00. The Labute approximate surface area is 99.4 Å². The number of nitrogens with zero attached hydrogens (tertiary/aromatic N) is 1. The standard InChI is InChI=1S/C11H17N3O3/c1-14(6-4-8-3-2-5-13-8)11(17)9(12)7-10(15)16/h2-3,5,9,13H,4,6-7,12H2,1H3,(H,15,16). The van der Waals surface area contributed by atoms with Crippen molar-refractivity contribution in [2.24, 2.45) is 5.73 Å². The molecule has 0 spiro atoms. The normalized spacial score (nSPS) is 12.1. The topological polar surface area (TPSA) is 99.4 Å². The van der Waals surface area contributed by atoms with E-state index in [1.807, 2.05) is 18.3 Å². The van der Waals surface area contributed by atoms with Gasteiger partial charge >= 0.3 is 5.97 Å². The van der Waals surface area contributed by atoms with Crippen molar-refractivity contribution >= 4 is 11.9 Å². The third-order valence-corrected chi connectivity index (χ3v) is 2.47. The number of rotatable bonds is 6. The molecule has 1 heterocycles. The molecule has 1 unspecified atom stereocenters. The van der Waals surface area contributed by atoms with Gasteiger partial charge in [0.2, 0.25) is 5.91 Å². The highest BCUT2D eigenvalue weighted by molar-refractivity contribution is 5.85. The van der Waals surface area contributed by atoms with E-state index in [1.165, 1.54) is 4.90 Å². The van der Waals surface area contributed by atoms with E-state index in [1.54, 1.807) is 7.05 Å². The smallest absolute Gasteiger partial charge is 0.305 e. The summed E-state index contributed by atoms with van der Waals surface area (Å²) < 4.78 is 0. The van der Waals surface area contributed by atoms with E-state index in [9.17, 15) is 9.59 Å². The largest absolute Gasteiger partial charge is 0.481 e. The van der Waals surface area contributed by atoms with Crippen molar-refractivity contribution in [1.82, 2.24) is 9.88 Å². The van der Waals surface area contributed by atoms with Gasteiger partial charge in [0.25, 0.3) is 0 Å². The van der Waals surface area contributed by atoms with Gasteiger partial charge in [-0.1, -0.05) is 0 Å². The first-order valence-corrected chi connectivity index (χ1v) is 5.35. The lowest BCUT2D eigenvalue weighted by Crippen LogP contribution is -2.43. The summed E-state index contributed by atoms with van der Waals surface area (Å²) in [6, 6.07) is 2.84. The zero-order valence-electron chi connectivity index (χ0n) is 9.72. The van der Waals surface area contributed by atoms with E-state index in [0.717, 1.165) is 5.69 Å². The van der Waals surface area contributed by atoms with Crippen LogP contribution in [0.2, 0.25) is 0 Å². The molecule has 0 aliphatic heterocycles. The highest BCUT2D eigenvalue weighted by Crippen LogP contribution is 2.00. The number of aromatic amines is 1. The Kier molecular flexibility index (Phi) is 4.71. The van der Waals surface area contributed by atoms with Crippen LogP contribution in [0.25, 0.3) is 0 Å². The minimum absolute atomic E-state index is 0.342. The Bertz CT molecular complexity index is 375. The van der Waals surface area contributed by atoms with E-state index in [4.69, 9.17) is 10.8 Å². The third-order valence-electron chi connectivity index (χ3n) is 2.47. The molecular formula is C11H17N3O3. The Morgan fingerprint density at radius 2 is 2.29 bits per heavy atom. The quantitative estimate of drug-likeness (QED) is 0.641. The van der Waals surface area contributed by atoms with Crippen LogP contribution in [0.1, 0.15) is 12.1 Å². The van der Waals surface area contributed by atoms with Gasteiger partial charge in [-0.25, -0.2) is 0 Å². The van der Waals surface area contributed by atoms with Crippen molar-refractivity contribution in [2.75, 3.05) is 13.6 Å². The lowest BCUT2D eigenvalue weighted by molar-refractivity contribution is -0.141. The number of carboxylic acids is 1. The van der Waals surface area contributed by atoms with Gasteiger partial charge in [0.1, 0.15) is 0 Å². The second-order valence-electron chi connectivity index (χ2n) is 3.91.